The van der Waals surface area contributed by atoms with Crippen molar-refractivity contribution in [2.75, 3.05) is 6.61 Å². The third-order valence-corrected chi connectivity index (χ3v) is 5.35. The molecule has 0 fully saturated rings. The van der Waals surface area contributed by atoms with Gasteiger partial charge in [0.2, 0.25) is 0 Å². The second kappa shape index (κ2) is 9.39. The van der Waals surface area contributed by atoms with Gasteiger partial charge in [-0.3, -0.25) is 9.55 Å². The van der Waals surface area contributed by atoms with E-state index in [-0.39, 0.29) is 0 Å². The average molecular weight is 403 g/mol. The number of benzene rings is 2. The van der Waals surface area contributed by atoms with Gasteiger partial charge in [-0.1, -0.05) is 48.2 Å². The topological polar surface area (TPSA) is 52.8 Å². The molecule has 0 unspecified atom stereocenters. The zero-order valence-electron chi connectivity index (χ0n) is 16.2. The maximum Gasteiger partial charge on any atom is 0.196 e. The van der Waals surface area contributed by atoms with E-state index in [0.717, 1.165) is 33.9 Å². The summed E-state index contributed by atoms with van der Waals surface area (Å²) in [7, 11) is 0. The van der Waals surface area contributed by atoms with Gasteiger partial charge < -0.3 is 4.74 Å². The minimum atomic E-state index is 0.649. The Morgan fingerprint density at radius 2 is 1.69 bits per heavy atom. The molecule has 0 atom stereocenters. The molecule has 0 N–H and O–H groups in total. The second-order valence-electron chi connectivity index (χ2n) is 6.43. The molecule has 2 aromatic carbocycles. The Morgan fingerprint density at radius 1 is 0.897 bits per heavy atom. The van der Waals surface area contributed by atoms with Gasteiger partial charge in [-0.25, -0.2) is 0 Å². The van der Waals surface area contributed by atoms with Crippen LogP contribution in [-0.4, -0.2) is 26.4 Å². The molecule has 2 heterocycles. The highest BCUT2D eigenvalue weighted by atomic mass is 32.2. The molecule has 29 heavy (non-hydrogen) atoms. The van der Waals surface area contributed by atoms with Crippen molar-refractivity contribution in [1.29, 1.82) is 0 Å². The fraction of sp³-hybridized carbons (Fsp3) is 0.174. The number of ether oxygens (including phenoxy) is 1. The van der Waals surface area contributed by atoms with Crippen LogP contribution in [0.5, 0.6) is 5.75 Å². The first-order valence-corrected chi connectivity index (χ1v) is 10.6. The van der Waals surface area contributed by atoms with E-state index in [1.165, 1.54) is 5.56 Å². The minimum Gasteiger partial charge on any atom is -0.494 e. The summed E-state index contributed by atoms with van der Waals surface area (Å²) in [5, 5.41) is 9.83. The zero-order chi connectivity index (χ0) is 19.9. The molecule has 0 spiro atoms. The Hall–Kier alpha value is -3.12. The molecule has 0 bridgehead atoms. The van der Waals surface area contributed by atoms with E-state index in [4.69, 9.17) is 4.74 Å². The lowest BCUT2D eigenvalue weighted by Crippen LogP contribution is -2.04. The summed E-state index contributed by atoms with van der Waals surface area (Å²) >= 11 is 1.64. The average Bonchev–Trinajstić information content (AvgIpc) is 3.17. The standard InChI is InChI=1S/C23H22N4OS/c1-2-28-21-13-11-20(12-14-21)27-22(16-18-8-4-3-5-9-18)25-26-23(27)29-17-19-10-6-7-15-24-19/h3-15H,2,16-17H2,1H3. The molecule has 146 valence electrons. The first-order valence-electron chi connectivity index (χ1n) is 9.57. The monoisotopic (exact) mass is 402 g/mol. The van der Waals surface area contributed by atoms with Crippen LogP contribution >= 0.6 is 11.8 Å². The van der Waals surface area contributed by atoms with Gasteiger partial charge in [-0.15, -0.1) is 10.2 Å². The van der Waals surface area contributed by atoms with Gasteiger partial charge in [0.05, 0.1) is 12.3 Å². The number of aromatic nitrogens is 4. The molecule has 2 aromatic heterocycles. The summed E-state index contributed by atoms with van der Waals surface area (Å²) in [6.07, 6.45) is 2.53. The molecule has 0 aliphatic rings. The molecule has 0 saturated heterocycles. The predicted molar refractivity (Wildman–Crippen MR) is 116 cm³/mol. The van der Waals surface area contributed by atoms with E-state index in [2.05, 4.69) is 31.9 Å². The van der Waals surface area contributed by atoms with Crippen LogP contribution in [-0.2, 0) is 12.2 Å². The molecule has 4 aromatic rings. The fourth-order valence-corrected chi connectivity index (χ4v) is 3.91. The van der Waals surface area contributed by atoms with Crippen molar-refractivity contribution in [2.45, 2.75) is 24.3 Å². The molecular formula is C23H22N4OS. The molecule has 6 heteroatoms. The lowest BCUT2D eigenvalue weighted by atomic mass is 10.1. The van der Waals surface area contributed by atoms with Crippen LogP contribution in [0.2, 0.25) is 0 Å². The van der Waals surface area contributed by atoms with Crippen LogP contribution in [0.4, 0.5) is 0 Å². The lowest BCUT2D eigenvalue weighted by molar-refractivity contribution is 0.340. The number of rotatable bonds is 8. The number of nitrogens with zero attached hydrogens (tertiary/aromatic N) is 4. The maximum absolute atomic E-state index is 5.59. The highest BCUT2D eigenvalue weighted by molar-refractivity contribution is 7.98. The van der Waals surface area contributed by atoms with Crippen molar-refractivity contribution in [1.82, 2.24) is 19.7 Å². The van der Waals surface area contributed by atoms with Crippen LogP contribution in [0.1, 0.15) is 24.0 Å². The molecule has 0 radical (unpaired) electrons. The molecule has 0 saturated carbocycles. The summed E-state index contributed by atoms with van der Waals surface area (Å²) in [5.41, 5.74) is 3.24. The fourth-order valence-electron chi connectivity index (χ4n) is 3.03. The Labute approximate surface area is 174 Å². The second-order valence-corrected chi connectivity index (χ2v) is 7.38. The van der Waals surface area contributed by atoms with Gasteiger partial charge in [0, 0.05) is 24.1 Å². The molecule has 5 nitrogen and oxygen atoms in total. The van der Waals surface area contributed by atoms with Crippen LogP contribution in [0.3, 0.4) is 0 Å². The normalized spacial score (nSPS) is 10.8. The number of hydrogen-bond donors (Lipinski definition) is 0. The highest BCUT2D eigenvalue weighted by Gasteiger charge is 2.15. The molecule has 0 aliphatic heterocycles. The van der Waals surface area contributed by atoms with Gasteiger partial charge in [-0.2, -0.15) is 0 Å². The number of hydrogen-bond acceptors (Lipinski definition) is 5. The van der Waals surface area contributed by atoms with Gasteiger partial charge in [-0.05, 0) is 48.9 Å². The van der Waals surface area contributed by atoms with Crippen LogP contribution < -0.4 is 4.74 Å². The minimum absolute atomic E-state index is 0.649. The van der Waals surface area contributed by atoms with Crippen molar-refractivity contribution in [2.24, 2.45) is 0 Å². The van der Waals surface area contributed by atoms with Gasteiger partial charge in [0.25, 0.3) is 0 Å². The first kappa shape index (κ1) is 19.2. The van der Waals surface area contributed by atoms with E-state index >= 15 is 0 Å². The molecule has 0 amide bonds. The van der Waals surface area contributed by atoms with Gasteiger partial charge >= 0.3 is 0 Å². The number of pyridine rings is 1. The Balaban J connectivity index is 1.65. The molecule has 0 aliphatic carbocycles. The SMILES string of the molecule is CCOc1ccc(-n2c(Cc3ccccc3)nnc2SCc2ccccn2)cc1. The largest absolute Gasteiger partial charge is 0.494 e. The molecule has 4 rings (SSSR count). The van der Waals surface area contributed by atoms with Crippen LogP contribution in [0.25, 0.3) is 5.69 Å². The zero-order valence-corrected chi connectivity index (χ0v) is 17.0. The quantitative estimate of drug-likeness (QED) is 0.391. The Kier molecular flexibility index (Phi) is 6.22. The third-order valence-electron chi connectivity index (χ3n) is 4.39. The van der Waals surface area contributed by atoms with Crippen molar-refractivity contribution in [3.8, 4) is 11.4 Å². The van der Waals surface area contributed by atoms with E-state index in [9.17, 15) is 0 Å². The summed E-state index contributed by atoms with van der Waals surface area (Å²) in [4.78, 5) is 4.41. The van der Waals surface area contributed by atoms with Crippen molar-refractivity contribution < 1.29 is 4.74 Å². The number of thioether (sulfide) groups is 1. The highest BCUT2D eigenvalue weighted by Crippen LogP contribution is 2.27. The first-order chi connectivity index (χ1) is 14.3. The van der Waals surface area contributed by atoms with Crippen molar-refractivity contribution in [3.63, 3.8) is 0 Å². The van der Waals surface area contributed by atoms with E-state index in [1.807, 2.05) is 73.8 Å². The molecular weight excluding hydrogens is 380 g/mol. The van der Waals surface area contributed by atoms with E-state index in [0.29, 0.717) is 13.0 Å². The van der Waals surface area contributed by atoms with Crippen LogP contribution in [0, 0.1) is 0 Å². The predicted octanol–water partition coefficient (Wildman–Crippen LogP) is 4.94. The lowest BCUT2D eigenvalue weighted by Gasteiger charge is -2.11. The third kappa shape index (κ3) is 4.84. The smallest absolute Gasteiger partial charge is 0.196 e. The summed E-state index contributed by atoms with van der Waals surface area (Å²) in [5.74, 6) is 2.50. The Morgan fingerprint density at radius 3 is 2.41 bits per heavy atom. The van der Waals surface area contributed by atoms with Crippen molar-refractivity contribution >= 4 is 11.8 Å². The van der Waals surface area contributed by atoms with E-state index in [1.54, 1.807) is 11.8 Å². The summed E-state index contributed by atoms with van der Waals surface area (Å²) < 4.78 is 7.71. The van der Waals surface area contributed by atoms with Crippen molar-refractivity contribution in [3.05, 3.63) is 96.1 Å². The van der Waals surface area contributed by atoms with Gasteiger partial charge in [0.1, 0.15) is 11.6 Å². The Bertz CT molecular complexity index is 1030. The summed E-state index contributed by atoms with van der Waals surface area (Å²) in [6, 6.07) is 24.3. The maximum atomic E-state index is 5.59. The van der Waals surface area contributed by atoms with Crippen LogP contribution in [0.15, 0.2) is 84.1 Å². The summed E-state index contributed by atoms with van der Waals surface area (Å²) in [6.45, 7) is 2.63. The van der Waals surface area contributed by atoms with Gasteiger partial charge in [0.15, 0.2) is 5.16 Å². The van der Waals surface area contributed by atoms with E-state index < -0.39 is 0 Å².